The van der Waals surface area contributed by atoms with Crippen molar-refractivity contribution in [1.82, 2.24) is 9.97 Å². The van der Waals surface area contributed by atoms with Crippen LogP contribution in [0.1, 0.15) is 13.8 Å². The molecule has 1 aromatic rings. The van der Waals surface area contributed by atoms with Crippen molar-refractivity contribution in [2.45, 2.75) is 20.0 Å². The summed E-state index contributed by atoms with van der Waals surface area (Å²) in [5.41, 5.74) is -0.224. The largest absolute Gasteiger partial charge is 0.371 e. The summed E-state index contributed by atoms with van der Waals surface area (Å²) in [6.07, 6.45) is 2.97. The topological polar surface area (TPSA) is 55.3 Å². The van der Waals surface area contributed by atoms with Crippen molar-refractivity contribution in [2.75, 3.05) is 18.6 Å². The Balaban J connectivity index is 2.30. The molecule has 5 nitrogen and oxygen atoms in total. The summed E-state index contributed by atoms with van der Waals surface area (Å²) >= 11 is 2.13. The molecule has 1 aliphatic rings. The third kappa shape index (κ3) is 2.28. The van der Waals surface area contributed by atoms with Gasteiger partial charge in [-0.25, -0.2) is 9.97 Å². The van der Waals surface area contributed by atoms with Gasteiger partial charge in [-0.1, -0.05) is 13.8 Å². The quantitative estimate of drug-likeness (QED) is 0.761. The van der Waals surface area contributed by atoms with Gasteiger partial charge in [0.2, 0.25) is 5.95 Å². The van der Waals surface area contributed by atoms with E-state index in [-0.39, 0.29) is 11.3 Å². The number of hydrogen-bond donors (Lipinski definition) is 0. The SMILES string of the molecule is COC1C(=O)N(c2ncc(I)cn2)CC1(C)C. The van der Waals surface area contributed by atoms with Crippen LogP contribution in [-0.2, 0) is 9.53 Å². The Morgan fingerprint density at radius 3 is 2.53 bits per heavy atom. The zero-order chi connectivity index (χ0) is 12.6. The van der Waals surface area contributed by atoms with Crippen LogP contribution in [0.25, 0.3) is 0 Å². The predicted octanol–water partition coefficient (Wildman–Crippen LogP) is 1.47. The minimum absolute atomic E-state index is 0.0706. The fraction of sp³-hybridized carbons (Fsp3) is 0.545. The highest BCUT2D eigenvalue weighted by Gasteiger charge is 2.47. The van der Waals surface area contributed by atoms with Crippen LogP contribution in [0.15, 0.2) is 12.4 Å². The molecule has 0 spiro atoms. The molecular formula is C11H14IN3O2. The second-order valence-electron chi connectivity index (χ2n) is 4.73. The molecule has 0 aliphatic carbocycles. The Morgan fingerprint density at radius 1 is 1.47 bits per heavy atom. The first-order valence-electron chi connectivity index (χ1n) is 5.27. The number of nitrogens with zero attached hydrogens (tertiary/aromatic N) is 3. The summed E-state index contributed by atoms with van der Waals surface area (Å²) in [5, 5.41) is 0. The lowest BCUT2D eigenvalue weighted by molar-refractivity contribution is -0.128. The first-order valence-corrected chi connectivity index (χ1v) is 6.35. The Bertz CT molecular complexity index is 433. The summed E-state index contributed by atoms with van der Waals surface area (Å²) in [7, 11) is 1.56. The van der Waals surface area contributed by atoms with Gasteiger partial charge in [-0.15, -0.1) is 0 Å². The Morgan fingerprint density at radius 2 is 2.06 bits per heavy atom. The first-order chi connectivity index (χ1) is 7.95. The monoisotopic (exact) mass is 347 g/mol. The summed E-state index contributed by atoms with van der Waals surface area (Å²) < 4.78 is 6.21. The van der Waals surface area contributed by atoms with Crippen molar-refractivity contribution in [3.8, 4) is 0 Å². The van der Waals surface area contributed by atoms with Crippen LogP contribution in [0, 0.1) is 8.99 Å². The summed E-state index contributed by atoms with van der Waals surface area (Å²) in [6.45, 7) is 4.59. The maximum absolute atomic E-state index is 12.2. The summed E-state index contributed by atoms with van der Waals surface area (Å²) in [6, 6.07) is 0. The molecule has 1 atom stereocenters. The number of hydrogen-bond acceptors (Lipinski definition) is 4. The normalized spacial score (nSPS) is 23.2. The molecule has 17 heavy (non-hydrogen) atoms. The number of carbonyl (C=O) groups excluding carboxylic acids is 1. The molecule has 2 heterocycles. The molecule has 92 valence electrons. The number of anilines is 1. The molecule has 1 amide bonds. The van der Waals surface area contributed by atoms with Crippen LogP contribution in [0.5, 0.6) is 0 Å². The number of methoxy groups -OCH3 is 1. The molecule has 1 aliphatic heterocycles. The maximum Gasteiger partial charge on any atom is 0.259 e. The number of aromatic nitrogens is 2. The molecule has 2 rings (SSSR count). The highest BCUT2D eigenvalue weighted by Crippen LogP contribution is 2.34. The summed E-state index contributed by atoms with van der Waals surface area (Å²) in [4.78, 5) is 22.1. The van der Waals surface area contributed by atoms with E-state index in [0.29, 0.717) is 12.5 Å². The van der Waals surface area contributed by atoms with Gasteiger partial charge in [-0.3, -0.25) is 9.69 Å². The van der Waals surface area contributed by atoms with Gasteiger partial charge in [0.15, 0.2) is 0 Å². The van der Waals surface area contributed by atoms with Crippen molar-refractivity contribution in [2.24, 2.45) is 5.41 Å². The molecule has 0 N–H and O–H groups in total. The second-order valence-corrected chi connectivity index (χ2v) is 5.98. The molecule has 0 aromatic carbocycles. The van der Waals surface area contributed by atoms with E-state index in [1.807, 2.05) is 13.8 Å². The first kappa shape index (κ1) is 12.7. The predicted molar refractivity (Wildman–Crippen MR) is 71.7 cm³/mol. The molecule has 6 heteroatoms. The van der Waals surface area contributed by atoms with Crippen molar-refractivity contribution in [3.05, 3.63) is 16.0 Å². The van der Waals surface area contributed by atoms with E-state index in [0.717, 1.165) is 3.57 Å². The van der Waals surface area contributed by atoms with Gasteiger partial charge < -0.3 is 4.74 Å². The average Bonchev–Trinajstić information content (AvgIpc) is 2.50. The van der Waals surface area contributed by atoms with E-state index < -0.39 is 6.10 Å². The van der Waals surface area contributed by atoms with E-state index in [1.54, 1.807) is 24.4 Å². The summed E-state index contributed by atoms with van der Waals surface area (Å²) in [5.74, 6) is 0.377. The fourth-order valence-electron chi connectivity index (χ4n) is 2.08. The van der Waals surface area contributed by atoms with Gasteiger partial charge in [0.25, 0.3) is 5.91 Å². The molecule has 1 unspecified atom stereocenters. The molecule has 0 bridgehead atoms. The zero-order valence-corrected chi connectivity index (χ0v) is 12.1. The van der Waals surface area contributed by atoms with Crippen LogP contribution in [-0.4, -0.2) is 35.6 Å². The van der Waals surface area contributed by atoms with E-state index >= 15 is 0 Å². The van der Waals surface area contributed by atoms with Crippen LogP contribution >= 0.6 is 22.6 Å². The van der Waals surface area contributed by atoms with E-state index in [2.05, 4.69) is 32.6 Å². The molecule has 0 saturated carbocycles. The fourth-order valence-corrected chi connectivity index (χ4v) is 2.36. The van der Waals surface area contributed by atoms with E-state index in [1.165, 1.54) is 0 Å². The number of amides is 1. The second kappa shape index (κ2) is 4.49. The number of carbonyl (C=O) groups is 1. The van der Waals surface area contributed by atoms with Crippen molar-refractivity contribution >= 4 is 34.4 Å². The van der Waals surface area contributed by atoms with Crippen molar-refractivity contribution in [3.63, 3.8) is 0 Å². The number of ether oxygens (including phenoxy) is 1. The van der Waals surface area contributed by atoms with Gasteiger partial charge >= 0.3 is 0 Å². The van der Waals surface area contributed by atoms with Gasteiger partial charge in [-0.2, -0.15) is 0 Å². The minimum atomic E-state index is -0.426. The number of halogens is 1. The molecule has 1 aromatic heterocycles. The standard InChI is InChI=1S/C11H14IN3O2/c1-11(2)6-15(9(16)8(11)17-3)10-13-4-7(12)5-14-10/h4-5,8H,6H2,1-3H3. The third-order valence-electron chi connectivity index (χ3n) is 2.85. The van der Waals surface area contributed by atoms with E-state index in [9.17, 15) is 4.79 Å². The Kier molecular flexibility index (Phi) is 3.35. The minimum Gasteiger partial charge on any atom is -0.371 e. The lowest BCUT2D eigenvalue weighted by atomic mass is 9.90. The highest BCUT2D eigenvalue weighted by atomic mass is 127. The van der Waals surface area contributed by atoms with Crippen LogP contribution in [0.2, 0.25) is 0 Å². The van der Waals surface area contributed by atoms with Gasteiger partial charge in [-0.05, 0) is 22.6 Å². The molecular weight excluding hydrogens is 333 g/mol. The molecule has 0 radical (unpaired) electrons. The molecule has 1 fully saturated rings. The van der Waals surface area contributed by atoms with Crippen molar-refractivity contribution in [1.29, 1.82) is 0 Å². The third-order valence-corrected chi connectivity index (χ3v) is 3.41. The lowest BCUT2D eigenvalue weighted by Gasteiger charge is -2.21. The lowest BCUT2D eigenvalue weighted by Crippen LogP contribution is -2.33. The van der Waals surface area contributed by atoms with Crippen LogP contribution in [0.3, 0.4) is 0 Å². The number of rotatable bonds is 2. The van der Waals surface area contributed by atoms with Gasteiger partial charge in [0.05, 0.1) is 0 Å². The van der Waals surface area contributed by atoms with Crippen molar-refractivity contribution < 1.29 is 9.53 Å². The van der Waals surface area contributed by atoms with Crippen LogP contribution < -0.4 is 4.90 Å². The van der Waals surface area contributed by atoms with Gasteiger partial charge in [0, 0.05) is 35.0 Å². The van der Waals surface area contributed by atoms with Gasteiger partial charge in [0.1, 0.15) is 6.10 Å². The maximum atomic E-state index is 12.2. The van der Waals surface area contributed by atoms with E-state index in [4.69, 9.17) is 4.74 Å². The Labute approximate surface area is 114 Å². The smallest absolute Gasteiger partial charge is 0.259 e. The zero-order valence-electron chi connectivity index (χ0n) is 9.98. The highest BCUT2D eigenvalue weighted by molar-refractivity contribution is 14.1. The average molecular weight is 347 g/mol. The van der Waals surface area contributed by atoms with Crippen LogP contribution in [0.4, 0.5) is 5.95 Å². The Hall–Kier alpha value is -0.760. The molecule has 1 saturated heterocycles.